The van der Waals surface area contributed by atoms with Crippen LogP contribution in [0.3, 0.4) is 0 Å². The molecule has 0 aliphatic rings. The minimum atomic E-state index is -0.352. The van der Waals surface area contributed by atoms with Crippen molar-refractivity contribution in [1.29, 1.82) is 0 Å². The lowest BCUT2D eigenvalue weighted by atomic mass is 9.96. The Morgan fingerprint density at radius 2 is 1.58 bits per heavy atom. The zero-order valence-electron chi connectivity index (χ0n) is 19.2. The second-order valence-electron chi connectivity index (χ2n) is 8.89. The van der Waals surface area contributed by atoms with Crippen LogP contribution in [0.25, 0.3) is 11.3 Å². The highest BCUT2D eigenvalue weighted by Gasteiger charge is 2.18. The molecule has 0 bridgehead atoms. The molecule has 0 saturated carbocycles. The van der Waals surface area contributed by atoms with E-state index in [1.165, 1.54) is 5.56 Å². The molecule has 1 N–H and O–H groups in total. The molecule has 4 aromatic rings. The van der Waals surface area contributed by atoms with Crippen molar-refractivity contribution in [3.8, 4) is 17.0 Å². The van der Waals surface area contributed by atoms with Crippen LogP contribution in [-0.4, -0.2) is 14.7 Å². The Hall–Kier alpha value is -3.66. The molecule has 2 heterocycles. The maximum Gasteiger partial charge on any atom is 0.293 e. The van der Waals surface area contributed by atoms with Crippen LogP contribution in [-0.2, 0) is 25.8 Å². The zero-order valence-corrected chi connectivity index (χ0v) is 19.2. The number of aromatic hydroxyl groups is 1. The van der Waals surface area contributed by atoms with Crippen LogP contribution >= 0.6 is 0 Å². The second kappa shape index (κ2) is 10.3. The van der Waals surface area contributed by atoms with E-state index in [0.717, 1.165) is 40.9 Å². The van der Waals surface area contributed by atoms with Gasteiger partial charge in [0.05, 0.1) is 5.69 Å². The fourth-order valence-corrected chi connectivity index (χ4v) is 4.27. The zero-order chi connectivity index (χ0) is 23.2. The Labute approximate surface area is 195 Å². The molecule has 0 atom stereocenters. The number of aromatic nitrogens is 2. The van der Waals surface area contributed by atoms with Gasteiger partial charge in [-0.15, -0.1) is 0 Å². The van der Waals surface area contributed by atoms with Crippen molar-refractivity contribution < 1.29 is 5.11 Å². The Morgan fingerprint density at radius 3 is 2.24 bits per heavy atom. The van der Waals surface area contributed by atoms with Crippen molar-refractivity contribution >= 4 is 0 Å². The minimum Gasteiger partial charge on any atom is -0.503 e. The van der Waals surface area contributed by atoms with E-state index in [9.17, 15) is 9.90 Å². The fourth-order valence-electron chi connectivity index (χ4n) is 4.27. The molecule has 2 aromatic heterocycles. The van der Waals surface area contributed by atoms with Crippen molar-refractivity contribution in [2.24, 2.45) is 5.92 Å². The molecule has 0 amide bonds. The molecule has 2 aromatic carbocycles. The SMILES string of the molecule is CC(C)Cc1cc(O)c(=O)n(CCc2ccccc2)c1-c1ccnc(Cc2ccccc2)c1. The normalized spacial score (nSPS) is 11.1. The van der Waals surface area contributed by atoms with Crippen molar-refractivity contribution in [2.45, 2.75) is 39.7 Å². The number of aryl methyl sites for hydroxylation is 1. The lowest BCUT2D eigenvalue weighted by molar-refractivity contribution is 0.455. The summed E-state index contributed by atoms with van der Waals surface area (Å²) < 4.78 is 1.74. The van der Waals surface area contributed by atoms with E-state index in [4.69, 9.17) is 0 Å². The first-order valence-electron chi connectivity index (χ1n) is 11.5. The Balaban J connectivity index is 1.79. The van der Waals surface area contributed by atoms with Gasteiger partial charge < -0.3 is 9.67 Å². The maximum atomic E-state index is 13.1. The van der Waals surface area contributed by atoms with Crippen molar-refractivity contribution in [2.75, 3.05) is 0 Å². The lowest BCUT2D eigenvalue weighted by Gasteiger charge is -2.20. The van der Waals surface area contributed by atoms with E-state index in [2.05, 4.69) is 49.2 Å². The minimum absolute atomic E-state index is 0.193. The molecule has 4 heteroatoms. The molecule has 168 valence electrons. The van der Waals surface area contributed by atoms with Crippen LogP contribution < -0.4 is 5.56 Å². The summed E-state index contributed by atoms with van der Waals surface area (Å²) in [4.78, 5) is 17.7. The van der Waals surface area contributed by atoms with Gasteiger partial charge >= 0.3 is 0 Å². The van der Waals surface area contributed by atoms with E-state index in [1.54, 1.807) is 10.6 Å². The average Bonchev–Trinajstić information content (AvgIpc) is 2.81. The summed E-state index contributed by atoms with van der Waals surface area (Å²) in [6.45, 7) is 4.79. The topological polar surface area (TPSA) is 55.1 Å². The van der Waals surface area contributed by atoms with Crippen LogP contribution in [0, 0.1) is 5.92 Å². The molecule has 0 fully saturated rings. The molecule has 33 heavy (non-hydrogen) atoms. The summed E-state index contributed by atoms with van der Waals surface area (Å²) in [7, 11) is 0. The second-order valence-corrected chi connectivity index (χ2v) is 8.89. The van der Waals surface area contributed by atoms with Crippen LogP contribution in [0.4, 0.5) is 0 Å². The standard InChI is InChI=1S/C29H30N2O2/c1-21(2)17-25-20-27(32)29(33)31(16-14-22-9-5-3-6-10-22)28(25)24-13-15-30-26(19-24)18-23-11-7-4-8-12-23/h3-13,15,19-21,32H,14,16-18H2,1-2H3. The summed E-state index contributed by atoms with van der Waals surface area (Å²) in [5.41, 5.74) is 5.75. The summed E-state index contributed by atoms with van der Waals surface area (Å²) >= 11 is 0. The highest BCUT2D eigenvalue weighted by atomic mass is 16.3. The van der Waals surface area contributed by atoms with Crippen LogP contribution in [0.15, 0.2) is 89.9 Å². The predicted octanol–water partition coefficient (Wildman–Crippen LogP) is 5.65. The monoisotopic (exact) mass is 438 g/mol. The smallest absolute Gasteiger partial charge is 0.293 e. The van der Waals surface area contributed by atoms with E-state index < -0.39 is 0 Å². The third-order valence-corrected chi connectivity index (χ3v) is 5.76. The van der Waals surface area contributed by atoms with Gasteiger partial charge in [-0.1, -0.05) is 74.5 Å². The highest BCUT2D eigenvalue weighted by Crippen LogP contribution is 2.28. The Bertz CT molecular complexity index is 1260. The third kappa shape index (κ3) is 5.58. The summed E-state index contributed by atoms with van der Waals surface area (Å²) in [5, 5.41) is 10.5. The quantitative estimate of drug-likeness (QED) is 0.387. The molecule has 0 radical (unpaired) electrons. The fraction of sp³-hybridized carbons (Fsp3) is 0.241. The number of hydrogen-bond donors (Lipinski definition) is 1. The first-order valence-corrected chi connectivity index (χ1v) is 11.5. The first-order chi connectivity index (χ1) is 16.0. The number of benzene rings is 2. The van der Waals surface area contributed by atoms with E-state index in [1.807, 2.05) is 48.7 Å². The molecular formula is C29H30N2O2. The maximum absolute atomic E-state index is 13.1. The largest absolute Gasteiger partial charge is 0.503 e. The Kier molecular flexibility index (Phi) is 7.04. The van der Waals surface area contributed by atoms with Gasteiger partial charge in [-0.05, 0) is 53.6 Å². The van der Waals surface area contributed by atoms with Gasteiger partial charge in [0.1, 0.15) is 0 Å². The molecule has 4 nitrogen and oxygen atoms in total. The molecule has 0 unspecified atom stereocenters. The summed E-state index contributed by atoms with van der Waals surface area (Å²) in [6.07, 6.45) is 4.01. The molecule has 0 saturated heterocycles. The van der Waals surface area contributed by atoms with Crippen LogP contribution in [0.5, 0.6) is 5.75 Å². The van der Waals surface area contributed by atoms with E-state index >= 15 is 0 Å². The van der Waals surface area contributed by atoms with Gasteiger partial charge in [0.15, 0.2) is 5.75 Å². The van der Waals surface area contributed by atoms with Crippen molar-refractivity contribution in [3.63, 3.8) is 0 Å². The van der Waals surface area contributed by atoms with Gasteiger partial charge in [-0.3, -0.25) is 9.78 Å². The molecule has 0 aliphatic heterocycles. The number of rotatable bonds is 8. The molecule has 0 spiro atoms. The van der Waals surface area contributed by atoms with E-state index in [0.29, 0.717) is 18.9 Å². The van der Waals surface area contributed by atoms with Crippen LogP contribution in [0.1, 0.15) is 36.2 Å². The third-order valence-electron chi connectivity index (χ3n) is 5.76. The van der Waals surface area contributed by atoms with E-state index in [-0.39, 0.29) is 11.3 Å². The molecule has 4 rings (SSSR count). The van der Waals surface area contributed by atoms with Crippen molar-refractivity contribution in [3.05, 3.63) is 118 Å². The van der Waals surface area contributed by atoms with Gasteiger partial charge in [0.25, 0.3) is 5.56 Å². The highest BCUT2D eigenvalue weighted by molar-refractivity contribution is 5.65. The summed E-state index contributed by atoms with van der Waals surface area (Å²) in [6, 6.07) is 26.0. The number of nitrogens with zero attached hydrogens (tertiary/aromatic N) is 2. The number of hydrogen-bond acceptors (Lipinski definition) is 3. The average molecular weight is 439 g/mol. The van der Waals surface area contributed by atoms with Crippen LogP contribution in [0.2, 0.25) is 0 Å². The molecule has 0 aliphatic carbocycles. The van der Waals surface area contributed by atoms with Gasteiger partial charge in [0.2, 0.25) is 0 Å². The predicted molar refractivity (Wildman–Crippen MR) is 134 cm³/mol. The van der Waals surface area contributed by atoms with Gasteiger partial charge in [-0.2, -0.15) is 0 Å². The first kappa shape index (κ1) is 22.5. The Morgan fingerprint density at radius 1 is 0.909 bits per heavy atom. The van der Waals surface area contributed by atoms with Crippen molar-refractivity contribution in [1.82, 2.24) is 9.55 Å². The summed E-state index contributed by atoms with van der Waals surface area (Å²) in [5.74, 6) is 0.190. The molecular weight excluding hydrogens is 408 g/mol. The lowest BCUT2D eigenvalue weighted by Crippen LogP contribution is -2.24. The van der Waals surface area contributed by atoms with Gasteiger partial charge in [0, 0.05) is 30.4 Å². The number of pyridine rings is 2. The van der Waals surface area contributed by atoms with Gasteiger partial charge in [-0.25, -0.2) is 0 Å².